The average molecular weight is 234 g/mol. The lowest BCUT2D eigenvalue weighted by molar-refractivity contribution is -0.901. The molecule has 0 aliphatic carbocycles. The fourth-order valence-electron chi connectivity index (χ4n) is 2.63. The van der Waals surface area contributed by atoms with E-state index in [4.69, 9.17) is 0 Å². The van der Waals surface area contributed by atoms with E-state index in [2.05, 4.69) is 43.0 Å². The molecule has 0 radical (unpaired) electrons. The Morgan fingerprint density at radius 1 is 1.35 bits per heavy atom. The van der Waals surface area contributed by atoms with E-state index >= 15 is 0 Å². The first-order valence-corrected chi connectivity index (χ1v) is 6.30. The van der Waals surface area contributed by atoms with Crippen LogP contribution >= 0.6 is 0 Å². The van der Waals surface area contributed by atoms with Crippen LogP contribution in [-0.2, 0) is 6.54 Å². The highest BCUT2D eigenvalue weighted by atomic mass is 16.6. The molecule has 1 aliphatic heterocycles. The van der Waals surface area contributed by atoms with Gasteiger partial charge in [0, 0.05) is 13.0 Å². The Balaban J connectivity index is 2.07. The first-order valence-electron chi connectivity index (χ1n) is 6.30. The highest BCUT2D eigenvalue weighted by Crippen LogP contribution is 2.33. The Kier molecular flexibility index (Phi) is 3.25. The monoisotopic (exact) mass is 234 g/mol. The molecule has 0 N–H and O–H groups in total. The zero-order chi connectivity index (χ0) is 12.5. The molecule has 3 heteroatoms. The van der Waals surface area contributed by atoms with Crippen molar-refractivity contribution in [2.45, 2.75) is 32.4 Å². The third-order valence-electron chi connectivity index (χ3n) is 4.19. The molecule has 1 aliphatic rings. The van der Waals surface area contributed by atoms with E-state index < -0.39 is 0 Å². The summed E-state index contributed by atoms with van der Waals surface area (Å²) < 4.78 is -0.143. The van der Waals surface area contributed by atoms with Crippen LogP contribution in [0.3, 0.4) is 0 Å². The maximum absolute atomic E-state index is 12.5. The quantitative estimate of drug-likeness (QED) is 0.593. The van der Waals surface area contributed by atoms with Gasteiger partial charge in [0.05, 0.1) is 13.6 Å². The highest BCUT2D eigenvalue weighted by Gasteiger charge is 2.45. The highest BCUT2D eigenvalue weighted by molar-refractivity contribution is 5.14. The summed E-state index contributed by atoms with van der Waals surface area (Å²) in [6.45, 7) is 6.58. The number of hydrogen-bond acceptors (Lipinski definition) is 2. The standard InChI is InChI=1S/C14H22N2O/c1-4-14(2)11-15(12-16(14,3)17)10-13-8-6-5-7-9-13/h5-9H,4,10-12H2,1-3H3. The van der Waals surface area contributed by atoms with E-state index in [9.17, 15) is 5.21 Å². The smallest absolute Gasteiger partial charge is 0.135 e. The molecule has 94 valence electrons. The van der Waals surface area contributed by atoms with Crippen molar-refractivity contribution >= 4 is 0 Å². The Labute approximate surface area is 104 Å². The fraction of sp³-hybridized carbons (Fsp3) is 0.571. The van der Waals surface area contributed by atoms with Crippen molar-refractivity contribution in [1.82, 2.24) is 4.90 Å². The van der Waals surface area contributed by atoms with Crippen LogP contribution in [0.25, 0.3) is 0 Å². The summed E-state index contributed by atoms with van der Waals surface area (Å²) in [7, 11) is 1.80. The second kappa shape index (κ2) is 4.41. The van der Waals surface area contributed by atoms with Crippen molar-refractivity contribution < 1.29 is 4.65 Å². The first kappa shape index (κ1) is 12.6. The lowest BCUT2D eigenvalue weighted by atomic mass is 9.98. The maximum atomic E-state index is 12.5. The maximum Gasteiger partial charge on any atom is 0.135 e. The van der Waals surface area contributed by atoms with E-state index in [1.807, 2.05) is 6.07 Å². The fourth-order valence-corrected chi connectivity index (χ4v) is 2.63. The predicted molar refractivity (Wildman–Crippen MR) is 70.0 cm³/mol. The molecule has 1 heterocycles. The number of hydrogen-bond donors (Lipinski definition) is 0. The summed E-state index contributed by atoms with van der Waals surface area (Å²) in [5.74, 6) is 0. The topological polar surface area (TPSA) is 26.3 Å². The summed E-state index contributed by atoms with van der Waals surface area (Å²) in [5, 5.41) is 12.5. The van der Waals surface area contributed by atoms with Crippen molar-refractivity contribution in [3.8, 4) is 0 Å². The number of likely N-dealkylation sites (N-methyl/N-ethyl adjacent to an activating group) is 1. The van der Waals surface area contributed by atoms with Gasteiger partial charge in [-0.2, -0.15) is 0 Å². The molecule has 2 atom stereocenters. The van der Waals surface area contributed by atoms with Crippen LogP contribution < -0.4 is 0 Å². The summed E-state index contributed by atoms with van der Waals surface area (Å²) >= 11 is 0. The van der Waals surface area contributed by atoms with Gasteiger partial charge in [0.15, 0.2) is 0 Å². The van der Waals surface area contributed by atoms with Crippen LogP contribution in [0.15, 0.2) is 30.3 Å². The molecule has 0 saturated carbocycles. The van der Waals surface area contributed by atoms with Crippen molar-refractivity contribution in [1.29, 1.82) is 0 Å². The van der Waals surface area contributed by atoms with Gasteiger partial charge in [0.1, 0.15) is 12.2 Å². The molecular weight excluding hydrogens is 212 g/mol. The molecule has 3 nitrogen and oxygen atoms in total. The molecule has 17 heavy (non-hydrogen) atoms. The predicted octanol–water partition coefficient (Wildman–Crippen LogP) is 2.57. The van der Waals surface area contributed by atoms with E-state index in [1.54, 1.807) is 7.05 Å². The third kappa shape index (κ3) is 2.37. The Bertz CT molecular complexity index is 377. The molecule has 1 saturated heterocycles. The lowest BCUT2D eigenvalue weighted by Gasteiger charge is -2.46. The van der Waals surface area contributed by atoms with Gasteiger partial charge < -0.3 is 9.85 Å². The second-order valence-electron chi connectivity index (χ2n) is 5.57. The Morgan fingerprint density at radius 3 is 2.53 bits per heavy atom. The van der Waals surface area contributed by atoms with Gasteiger partial charge >= 0.3 is 0 Å². The molecule has 0 spiro atoms. The minimum Gasteiger partial charge on any atom is -0.632 e. The molecule has 0 bridgehead atoms. The average Bonchev–Trinajstić information content (AvgIpc) is 2.51. The summed E-state index contributed by atoms with van der Waals surface area (Å²) in [6.07, 6.45) is 0.929. The van der Waals surface area contributed by atoms with Crippen LogP contribution in [-0.4, -0.2) is 35.3 Å². The lowest BCUT2D eigenvalue weighted by Crippen LogP contribution is -2.52. The van der Waals surface area contributed by atoms with E-state index in [-0.39, 0.29) is 10.2 Å². The van der Waals surface area contributed by atoms with E-state index in [0.29, 0.717) is 6.67 Å². The number of quaternary nitrogens is 1. The minimum atomic E-state index is -0.158. The molecule has 2 unspecified atom stereocenters. The largest absolute Gasteiger partial charge is 0.632 e. The second-order valence-corrected chi connectivity index (χ2v) is 5.57. The zero-order valence-electron chi connectivity index (χ0n) is 11.0. The molecular formula is C14H22N2O. The summed E-state index contributed by atoms with van der Waals surface area (Å²) in [6, 6.07) is 10.4. The van der Waals surface area contributed by atoms with E-state index in [0.717, 1.165) is 19.5 Å². The van der Waals surface area contributed by atoms with Gasteiger partial charge in [-0.3, -0.25) is 0 Å². The van der Waals surface area contributed by atoms with Crippen molar-refractivity contribution in [3.63, 3.8) is 0 Å². The molecule has 1 fully saturated rings. The van der Waals surface area contributed by atoms with Gasteiger partial charge in [0.25, 0.3) is 0 Å². The first-order chi connectivity index (χ1) is 7.97. The van der Waals surface area contributed by atoms with Gasteiger partial charge in [-0.25, -0.2) is 4.90 Å². The van der Waals surface area contributed by atoms with Crippen molar-refractivity contribution in [3.05, 3.63) is 41.1 Å². The van der Waals surface area contributed by atoms with Crippen LogP contribution in [0, 0.1) is 5.21 Å². The number of nitrogens with zero attached hydrogens (tertiary/aromatic N) is 2. The zero-order valence-corrected chi connectivity index (χ0v) is 11.0. The van der Waals surface area contributed by atoms with Gasteiger partial charge in [0.2, 0.25) is 0 Å². The molecule has 1 aromatic rings. The molecule has 2 rings (SSSR count). The number of hydroxylamine groups is 3. The normalized spacial score (nSPS) is 34.1. The van der Waals surface area contributed by atoms with Gasteiger partial charge in [-0.1, -0.05) is 37.3 Å². The molecule has 0 amide bonds. The Hall–Kier alpha value is -0.900. The van der Waals surface area contributed by atoms with Crippen LogP contribution in [0.1, 0.15) is 25.8 Å². The minimum absolute atomic E-state index is 0.143. The number of benzene rings is 1. The van der Waals surface area contributed by atoms with Crippen molar-refractivity contribution in [2.75, 3.05) is 20.3 Å². The molecule has 1 aromatic carbocycles. The number of rotatable bonds is 3. The van der Waals surface area contributed by atoms with Crippen LogP contribution in [0.5, 0.6) is 0 Å². The van der Waals surface area contributed by atoms with Gasteiger partial charge in [-0.05, 0) is 12.5 Å². The van der Waals surface area contributed by atoms with Gasteiger partial charge in [-0.15, -0.1) is 0 Å². The van der Waals surface area contributed by atoms with Crippen LogP contribution in [0.4, 0.5) is 0 Å². The molecule has 0 aromatic heterocycles. The van der Waals surface area contributed by atoms with Crippen molar-refractivity contribution in [2.24, 2.45) is 0 Å². The SMILES string of the molecule is CCC1(C)CN(Cc2ccccc2)C[N+]1(C)[O-]. The summed E-state index contributed by atoms with van der Waals surface area (Å²) in [5.41, 5.74) is 1.13. The third-order valence-corrected chi connectivity index (χ3v) is 4.19. The Morgan fingerprint density at radius 2 is 2.00 bits per heavy atom. The van der Waals surface area contributed by atoms with Crippen LogP contribution in [0.2, 0.25) is 0 Å². The van der Waals surface area contributed by atoms with E-state index in [1.165, 1.54) is 5.56 Å². The summed E-state index contributed by atoms with van der Waals surface area (Å²) in [4.78, 5) is 2.27.